The summed E-state index contributed by atoms with van der Waals surface area (Å²) in [6, 6.07) is 4.92. The van der Waals surface area contributed by atoms with Gasteiger partial charge in [0.15, 0.2) is 0 Å². The first kappa shape index (κ1) is 14.1. The molecule has 2 aromatic rings. The molecular formula is C14H14ClN3O2. The lowest BCUT2D eigenvalue weighted by Crippen LogP contribution is -2.14. The number of ether oxygens (including phenoxy) is 1. The lowest BCUT2D eigenvalue weighted by atomic mass is 10.1. The highest BCUT2D eigenvalue weighted by Crippen LogP contribution is 2.27. The van der Waals surface area contributed by atoms with Crippen molar-refractivity contribution in [3.63, 3.8) is 0 Å². The van der Waals surface area contributed by atoms with Crippen LogP contribution in [0.3, 0.4) is 0 Å². The molecule has 0 aliphatic rings. The summed E-state index contributed by atoms with van der Waals surface area (Å²) in [5.41, 5.74) is 8.01. The number of pyridine rings is 1. The molecule has 104 valence electrons. The number of carbonyl (C=O) groups excluding carboxylic acids is 1. The fraction of sp³-hybridized carbons (Fsp3) is 0.143. The first-order chi connectivity index (χ1) is 9.52. The number of aryl methyl sites for hydroxylation is 1. The Labute approximate surface area is 121 Å². The Bertz CT molecular complexity index is 659. The van der Waals surface area contributed by atoms with Crippen molar-refractivity contribution in [3.8, 4) is 5.75 Å². The summed E-state index contributed by atoms with van der Waals surface area (Å²) in [5.74, 6) is 0.109. The summed E-state index contributed by atoms with van der Waals surface area (Å²) < 4.78 is 5.11. The Morgan fingerprint density at radius 2 is 2.20 bits per heavy atom. The molecule has 0 bridgehead atoms. The zero-order chi connectivity index (χ0) is 14.7. The highest BCUT2D eigenvalue weighted by atomic mass is 35.5. The number of rotatable bonds is 3. The number of hydrogen-bond donors (Lipinski definition) is 2. The van der Waals surface area contributed by atoms with Crippen LogP contribution in [0.4, 0.5) is 11.4 Å². The van der Waals surface area contributed by atoms with Crippen LogP contribution in [0, 0.1) is 6.92 Å². The van der Waals surface area contributed by atoms with E-state index in [1.165, 1.54) is 19.5 Å². The number of nitrogen functional groups attached to an aromatic ring is 1. The molecule has 3 N–H and O–H groups in total. The molecule has 0 atom stereocenters. The van der Waals surface area contributed by atoms with Gasteiger partial charge in [0, 0.05) is 11.9 Å². The average Bonchev–Trinajstić information content (AvgIpc) is 2.44. The second kappa shape index (κ2) is 5.79. The number of amides is 1. The number of nitrogens with one attached hydrogen (secondary N) is 1. The molecule has 0 aliphatic heterocycles. The zero-order valence-corrected chi connectivity index (χ0v) is 11.9. The van der Waals surface area contributed by atoms with Gasteiger partial charge in [0.1, 0.15) is 5.75 Å². The van der Waals surface area contributed by atoms with Gasteiger partial charge < -0.3 is 15.8 Å². The first-order valence-corrected chi connectivity index (χ1v) is 6.25. The van der Waals surface area contributed by atoms with Gasteiger partial charge >= 0.3 is 0 Å². The van der Waals surface area contributed by atoms with E-state index in [0.29, 0.717) is 27.7 Å². The number of anilines is 2. The number of nitrogens with zero attached hydrogens (tertiary/aromatic N) is 1. The van der Waals surface area contributed by atoms with Crippen LogP contribution >= 0.6 is 11.6 Å². The Morgan fingerprint density at radius 3 is 2.90 bits per heavy atom. The van der Waals surface area contributed by atoms with Crippen molar-refractivity contribution in [3.05, 3.63) is 46.7 Å². The van der Waals surface area contributed by atoms with Crippen LogP contribution in [-0.4, -0.2) is 18.0 Å². The number of hydrogen-bond acceptors (Lipinski definition) is 4. The average molecular weight is 292 g/mol. The second-order valence-corrected chi connectivity index (χ2v) is 4.63. The molecule has 0 saturated heterocycles. The first-order valence-electron chi connectivity index (χ1n) is 5.88. The SMILES string of the molecule is COc1cnccc1C(=O)Nc1cc(Cl)c(N)cc1C. The molecule has 0 spiro atoms. The van der Waals surface area contributed by atoms with Crippen molar-refractivity contribution in [2.45, 2.75) is 6.92 Å². The number of aromatic nitrogens is 1. The Morgan fingerprint density at radius 1 is 1.45 bits per heavy atom. The van der Waals surface area contributed by atoms with E-state index in [9.17, 15) is 4.79 Å². The predicted octanol–water partition coefficient (Wildman–Crippen LogP) is 2.89. The Kier molecular flexibility index (Phi) is 4.10. The molecule has 1 amide bonds. The third-order valence-electron chi connectivity index (χ3n) is 2.84. The summed E-state index contributed by atoms with van der Waals surface area (Å²) in [4.78, 5) is 16.2. The van der Waals surface area contributed by atoms with Gasteiger partial charge in [-0.3, -0.25) is 9.78 Å². The number of benzene rings is 1. The maximum Gasteiger partial charge on any atom is 0.259 e. The number of carbonyl (C=O) groups is 1. The minimum Gasteiger partial charge on any atom is -0.494 e. The quantitative estimate of drug-likeness (QED) is 0.853. The fourth-order valence-corrected chi connectivity index (χ4v) is 1.92. The minimum atomic E-state index is -0.298. The number of nitrogens with two attached hydrogens (primary N) is 1. The molecule has 0 radical (unpaired) electrons. The molecule has 1 aromatic heterocycles. The summed E-state index contributed by atoms with van der Waals surface area (Å²) in [5, 5.41) is 3.18. The van der Waals surface area contributed by atoms with E-state index in [1.54, 1.807) is 18.2 Å². The highest BCUT2D eigenvalue weighted by Gasteiger charge is 2.14. The van der Waals surface area contributed by atoms with Crippen LogP contribution in [0.5, 0.6) is 5.75 Å². The van der Waals surface area contributed by atoms with Crippen molar-refractivity contribution in [2.24, 2.45) is 0 Å². The second-order valence-electron chi connectivity index (χ2n) is 4.22. The Balaban J connectivity index is 2.30. The van der Waals surface area contributed by atoms with Gasteiger partial charge in [-0.05, 0) is 30.7 Å². The van der Waals surface area contributed by atoms with Gasteiger partial charge in [0.05, 0.1) is 29.6 Å². The van der Waals surface area contributed by atoms with E-state index in [2.05, 4.69) is 10.3 Å². The van der Waals surface area contributed by atoms with Crippen LogP contribution < -0.4 is 15.8 Å². The van der Waals surface area contributed by atoms with Crippen LogP contribution in [0.25, 0.3) is 0 Å². The molecule has 0 aliphatic carbocycles. The smallest absolute Gasteiger partial charge is 0.259 e. The van der Waals surface area contributed by atoms with Gasteiger partial charge in [0.2, 0.25) is 0 Å². The lowest BCUT2D eigenvalue weighted by Gasteiger charge is -2.12. The van der Waals surface area contributed by atoms with Gasteiger partial charge in [-0.15, -0.1) is 0 Å². The van der Waals surface area contributed by atoms with Crippen molar-refractivity contribution < 1.29 is 9.53 Å². The highest BCUT2D eigenvalue weighted by molar-refractivity contribution is 6.33. The standard InChI is InChI=1S/C14H14ClN3O2/c1-8-5-11(16)10(15)6-12(8)18-14(19)9-3-4-17-7-13(9)20-2/h3-7H,16H2,1-2H3,(H,18,19). The maximum atomic E-state index is 12.2. The molecular weight excluding hydrogens is 278 g/mol. The predicted molar refractivity (Wildman–Crippen MR) is 79.3 cm³/mol. The molecule has 0 saturated carbocycles. The van der Waals surface area contributed by atoms with Crippen molar-refractivity contribution in [1.29, 1.82) is 0 Å². The maximum absolute atomic E-state index is 12.2. The fourth-order valence-electron chi connectivity index (χ4n) is 1.76. The molecule has 0 unspecified atom stereocenters. The third-order valence-corrected chi connectivity index (χ3v) is 3.17. The van der Waals surface area contributed by atoms with Crippen LogP contribution in [0.2, 0.25) is 5.02 Å². The van der Waals surface area contributed by atoms with E-state index in [1.807, 2.05) is 6.92 Å². The van der Waals surface area contributed by atoms with Gasteiger partial charge in [-0.1, -0.05) is 11.6 Å². The van der Waals surface area contributed by atoms with E-state index >= 15 is 0 Å². The minimum absolute atomic E-state index is 0.298. The van der Waals surface area contributed by atoms with Crippen LogP contribution in [0.1, 0.15) is 15.9 Å². The number of methoxy groups -OCH3 is 1. The Hall–Kier alpha value is -2.27. The topological polar surface area (TPSA) is 77.2 Å². The molecule has 1 heterocycles. The van der Waals surface area contributed by atoms with Crippen LogP contribution in [-0.2, 0) is 0 Å². The monoisotopic (exact) mass is 291 g/mol. The molecule has 0 fully saturated rings. The molecule has 1 aromatic carbocycles. The normalized spacial score (nSPS) is 10.2. The molecule has 5 nitrogen and oxygen atoms in total. The van der Waals surface area contributed by atoms with Crippen molar-refractivity contribution >= 4 is 28.9 Å². The van der Waals surface area contributed by atoms with Gasteiger partial charge in [-0.25, -0.2) is 0 Å². The number of halogens is 1. The van der Waals surface area contributed by atoms with E-state index < -0.39 is 0 Å². The van der Waals surface area contributed by atoms with Crippen molar-refractivity contribution in [1.82, 2.24) is 4.98 Å². The van der Waals surface area contributed by atoms with E-state index in [4.69, 9.17) is 22.1 Å². The summed E-state index contributed by atoms with van der Waals surface area (Å²) in [6.45, 7) is 1.84. The molecule has 6 heteroatoms. The zero-order valence-electron chi connectivity index (χ0n) is 11.1. The molecule has 2 rings (SSSR count). The van der Waals surface area contributed by atoms with Gasteiger partial charge in [0.25, 0.3) is 5.91 Å². The summed E-state index contributed by atoms with van der Waals surface area (Å²) >= 11 is 5.96. The van der Waals surface area contributed by atoms with E-state index in [0.717, 1.165) is 5.56 Å². The summed E-state index contributed by atoms with van der Waals surface area (Å²) in [6.07, 6.45) is 3.01. The van der Waals surface area contributed by atoms with Gasteiger partial charge in [-0.2, -0.15) is 0 Å². The largest absolute Gasteiger partial charge is 0.494 e. The molecule has 20 heavy (non-hydrogen) atoms. The third kappa shape index (κ3) is 2.83. The van der Waals surface area contributed by atoms with Crippen molar-refractivity contribution in [2.75, 3.05) is 18.2 Å². The summed E-state index contributed by atoms with van der Waals surface area (Å²) in [7, 11) is 1.49. The van der Waals surface area contributed by atoms with Crippen LogP contribution in [0.15, 0.2) is 30.6 Å². The lowest BCUT2D eigenvalue weighted by molar-refractivity contribution is 0.102. The van der Waals surface area contributed by atoms with E-state index in [-0.39, 0.29) is 5.91 Å².